The highest BCUT2D eigenvalue weighted by Crippen LogP contribution is 2.26. The molecule has 4 rings (SSSR count). The molecule has 2 aromatic carbocycles. The molecule has 0 saturated carbocycles. The highest BCUT2D eigenvalue weighted by atomic mass is 32.1. The molecule has 2 heterocycles. The van der Waals surface area contributed by atoms with Crippen molar-refractivity contribution in [2.45, 2.75) is 13.5 Å². The maximum absolute atomic E-state index is 13.3. The summed E-state index contributed by atoms with van der Waals surface area (Å²) in [6.45, 7) is 2.30. The SMILES string of the molecule is Cc1cccc(-c2nc3scc(C(=O)O)c3c(=O)n2Cc2ccccc2)c1. The summed E-state index contributed by atoms with van der Waals surface area (Å²) in [6.07, 6.45) is 0. The van der Waals surface area contributed by atoms with Gasteiger partial charge in [-0.1, -0.05) is 54.1 Å². The fraction of sp³-hybridized carbons (Fsp3) is 0.0952. The normalized spacial score (nSPS) is 11.0. The molecule has 0 aliphatic heterocycles. The lowest BCUT2D eigenvalue weighted by Crippen LogP contribution is -2.24. The smallest absolute Gasteiger partial charge is 0.337 e. The first-order valence-electron chi connectivity index (χ1n) is 8.41. The summed E-state index contributed by atoms with van der Waals surface area (Å²) in [5, 5.41) is 11.1. The molecule has 134 valence electrons. The third kappa shape index (κ3) is 3.15. The van der Waals surface area contributed by atoms with Gasteiger partial charge in [0.05, 0.1) is 17.5 Å². The van der Waals surface area contributed by atoms with E-state index in [9.17, 15) is 14.7 Å². The molecule has 0 atom stereocenters. The fourth-order valence-electron chi connectivity index (χ4n) is 3.10. The number of carboxylic acids is 1. The van der Waals surface area contributed by atoms with Crippen molar-refractivity contribution in [1.82, 2.24) is 9.55 Å². The molecule has 0 saturated heterocycles. The van der Waals surface area contributed by atoms with Crippen LogP contribution < -0.4 is 5.56 Å². The highest BCUT2D eigenvalue weighted by molar-refractivity contribution is 7.17. The predicted molar refractivity (Wildman–Crippen MR) is 107 cm³/mol. The van der Waals surface area contributed by atoms with E-state index in [-0.39, 0.29) is 16.5 Å². The van der Waals surface area contributed by atoms with Gasteiger partial charge in [-0.2, -0.15) is 0 Å². The molecule has 2 aromatic heterocycles. The summed E-state index contributed by atoms with van der Waals surface area (Å²) in [6, 6.07) is 17.4. The Balaban J connectivity index is 2.02. The lowest BCUT2D eigenvalue weighted by molar-refractivity contribution is 0.0699. The summed E-state index contributed by atoms with van der Waals surface area (Å²) >= 11 is 1.18. The van der Waals surface area contributed by atoms with Crippen LogP contribution in [-0.2, 0) is 6.54 Å². The maximum Gasteiger partial charge on any atom is 0.337 e. The topological polar surface area (TPSA) is 72.2 Å². The fourth-order valence-corrected chi connectivity index (χ4v) is 4.00. The van der Waals surface area contributed by atoms with Gasteiger partial charge < -0.3 is 5.11 Å². The number of hydrogen-bond acceptors (Lipinski definition) is 4. The Labute approximate surface area is 159 Å². The summed E-state index contributed by atoms with van der Waals surface area (Å²) in [7, 11) is 0. The van der Waals surface area contributed by atoms with Crippen molar-refractivity contribution in [3.8, 4) is 11.4 Å². The predicted octanol–water partition coefficient (Wildman–Crippen LogP) is 4.18. The first-order valence-corrected chi connectivity index (χ1v) is 9.29. The van der Waals surface area contributed by atoms with Crippen LogP contribution in [0.15, 0.2) is 64.8 Å². The van der Waals surface area contributed by atoms with Crippen molar-refractivity contribution >= 4 is 27.5 Å². The van der Waals surface area contributed by atoms with Crippen LogP contribution in [0.4, 0.5) is 0 Å². The van der Waals surface area contributed by atoms with Gasteiger partial charge in [-0.3, -0.25) is 9.36 Å². The minimum absolute atomic E-state index is 0.00473. The third-order valence-corrected chi connectivity index (χ3v) is 5.26. The molecule has 0 amide bonds. The zero-order chi connectivity index (χ0) is 19.0. The monoisotopic (exact) mass is 376 g/mol. The van der Waals surface area contributed by atoms with Gasteiger partial charge in [0.2, 0.25) is 0 Å². The average Bonchev–Trinajstić information content (AvgIpc) is 3.09. The summed E-state index contributed by atoms with van der Waals surface area (Å²) in [5.74, 6) is -0.575. The lowest BCUT2D eigenvalue weighted by Gasteiger charge is -2.13. The molecule has 0 radical (unpaired) electrons. The number of aromatic carboxylic acids is 1. The Kier molecular flexibility index (Phi) is 4.33. The first kappa shape index (κ1) is 17.2. The van der Waals surface area contributed by atoms with Gasteiger partial charge in [-0.05, 0) is 18.6 Å². The van der Waals surface area contributed by atoms with E-state index < -0.39 is 5.97 Å². The molecule has 0 aliphatic carbocycles. The third-order valence-electron chi connectivity index (χ3n) is 4.38. The number of thiophene rings is 1. The minimum atomic E-state index is -1.12. The Morgan fingerprint density at radius 3 is 2.63 bits per heavy atom. The van der Waals surface area contributed by atoms with Gasteiger partial charge in [-0.15, -0.1) is 11.3 Å². The number of fused-ring (bicyclic) bond motifs is 1. The van der Waals surface area contributed by atoms with E-state index in [1.807, 2.05) is 61.5 Å². The molecule has 0 unspecified atom stereocenters. The molecule has 0 bridgehead atoms. The van der Waals surface area contributed by atoms with E-state index in [0.29, 0.717) is 17.2 Å². The van der Waals surface area contributed by atoms with E-state index in [1.54, 1.807) is 4.57 Å². The second-order valence-corrected chi connectivity index (χ2v) is 7.17. The molecule has 0 spiro atoms. The second-order valence-electron chi connectivity index (χ2n) is 6.32. The number of carboxylic acid groups (broad SMARTS) is 1. The molecule has 4 aromatic rings. The Morgan fingerprint density at radius 1 is 1.15 bits per heavy atom. The number of hydrogen-bond donors (Lipinski definition) is 1. The maximum atomic E-state index is 13.3. The lowest BCUT2D eigenvalue weighted by atomic mass is 10.1. The molecule has 6 heteroatoms. The van der Waals surface area contributed by atoms with Crippen LogP contribution in [0.25, 0.3) is 21.6 Å². The van der Waals surface area contributed by atoms with Crippen molar-refractivity contribution in [2.75, 3.05) is 0 Å². The van der Waals surface area contributed by atoms with Crippen molar-refractivity contribution in [1.29, 1.82) is 0 Å². The van der Waals surface area contributed by atoms with Crippen molar-refractivity contribution < 1.29 is 9.90 Å². The molecule has 0 fully saturated rings. The highest BCUT2D eigenvalue weighted by Gasteiger charge is 2.20. The van der Waals surface area contributed by atoms with Crippen LogP contribution >= 0.6 is 11.3 Å². The van der Waals surface area contributed by atoms with Gasteiger partial charge in [0.1, 0.15) is 10.7 Å². The molecular weight excluding hydrogens is 360 g/mol. The number of aryl methyl sites for hydroxylation is 1. The van der Waals surface area contributed by atoms with Crippen LogP contribution in [0.2, 0.25) is 0 Å². The van der Waals surface area contributed by atoms with E-state index in [0.717, 1.165) is 16.7 Å². The molecule has 5 nitrogen and oxygen atoms in total. The molecule has 27 heavy (non-hydrogen) atoms. The zero-order valence-electron chi connectivity index (χ0n) is 14.5. The molecular formula is C21H16N2O3S. The first-order chi connectivity index (χ1) is 13.0. The number of aromatic nitrogens is 2. The number of benzene rings is 2. The van der Waals surface area contributed by atoms with Crippen molar-refractivity contribution in [3.05, 3.63) is 87.0 Å². The second kappa shape index (κ2) is 6.81. The number of carbonyl (C=O) groups is 1. The van der Waals surface area contributed by atoms with Crippen LogP contribution in [-0.4, -0.2) is 20.6 Å². The number of nitrogens with zero attached hydrogens (tertiary/aromatic N) is 2. The average molecular weight is 376 g/mol. The quantitative estimate of drug-likeness (QED) is 0.580. The van der Waals surface area contributed by atoms with E-state index in [2.05, 4.69) is 4.98 Å². The van der Waals surface area contributed by atoms with Gasteiger partial charge in [0.25, 0.3) is 5.56 Å². The standard InChI is InChI=1S/C21H16N2O3S/c1-13-6-5-9-15(10-13)18-22-19-17(16(12-27-19)21(25)26)20(24)23(18)11-14-7-3-2-4-8-14/h2-10,12H,11H2,1H3,(H,25,26). The van der Waals surface area contributed by atoms with Crippen LogP contribution in [0.1, 0.15) is 21.5 Å². The van der Waals surface area contributed by atoms with Crippen LogP contribution in [0, 0.1) is 6.92 Å². The Hall–Kier alpha value is -3.25. The molecule has 1 N–H and O–H groups in total. The van der Waals surface area contributed by atoms with Gasteiger partial charge in [-0.25, -0.2) is 9.78 Å². The Morgan fingerprint density at radius 2 is 1.93 bits per heavy atom. The number of rotatable bonds is 4. The summed E-state index contributed by atoms with van der Waals surface area (Å²) in [4.78, 5) is 29.9. The van der Waals surface area contributed by atoms with Crippen molar-refractivity contribution in [2.24, 2.45) is 0 Å². The van der Waals surface area contributed by atoms with E-state index in [1.165, 1.54) is 16.7 Å². The minimum Gasteiger partial charge on any atom is -0.478 e. The van der Waals surface area contributed by atoms with Gasteiger partial charge >= 0.3 is 5.97 Å². The zero-order valence-corrected chi connectivity index (χ0v) is 15.4. The summed E-state index contributed by atoms with van der Waals surface area (Å²) < 4.78 is 1.56. The largest absolute Gasteiger partial charge is 0.478 e. The van der Waals surface area contributed by atoms with Crippen LogP contribution in [0.5, 0.6) is 0 Å². The Bertz CT molecular complexity index is 1210. The van der Waals surface area contributed by atoms with E-state index >= 15 is 0 Å². The van der Waals surface area contributed by atoms with Crippen LogP contribution in [0.3, 0.4) is 0 Å². The van der Waals surface area contributed by atoms with Gasteiger partial charge in [0.15, 0.2) is 0 Å². The van der Waals surface area contributed by atoms with E-state index in [4.69, 9.17) is 0 Å². The van der Waals surface area contributed by atoms with Gasteiger partial charge in [0, 0.05) is 10.9 Å². The van der Waals surface area contributed by atoms with Crippen molar-refractivity contribution in [3.63, 3.8) is 0 Å². The molecule has 0 aliphatic rings. The summed E-state index contributed by atoms with van der Waals surface area (Å²) in [5.41, 5.74) is 2.51.